The van der Waals surface area contributed by atoms with E-state index in [-0.39, 0.29) is 5.91 Å². The summed E-state index contributed by atoms with van der Waals surface area (Å²) in [5.74, 6) is -0.982. The minimum absolute atomic E-state index is 0.295. The molecule has 2 rings (SSSR count). The number of nitrogens with zero attached hydrogens (tertiary/aromatic N) is 1. The number of anilines is 1. The zero-order valence-corrected chi connectivity index (χ0v) is 12.3. The van der Waals surface area contributed by atoms with E-state index in [1.54, 1.807) is 39.0 Å². The maximum Gasteiger partial charge on any atom is 0.326 e. The lowest BCUT2D eigenvalue weighted by Gasteiger charge is -2.41. The number of halogens is 1. The van der Waals surface area contributed by atoms with Gasteiger partial charge in [-0.05, 0) is 38.5 Å². The number of carbonyl (C=O) groups is 2. The highest BCUT2D eigenvalue weighted by atomic mass is 35.5. The van der Waals surface area contributed by atoms with E-state index in [1.165, 1.54) is 4.90 Å². The molecule has 0 saturated heterocycles. The largest absolute Gasteiger partial charge is 0.480 e. The monoisotopic (exact) mass is 297 g/mol. The summed E-state index contributed by atoms with van der Waals surface area (Å²) in [6.45, 7) is 4.96. The van der Waals surface area contributed by atoms with Crippen molar-refractivity contribution in [3.8, 4) is 5.75 Å². The lowest BCUT2D eigenvalue weighted by Crippen LogP contribution is -2.57. The fourth-order valence-corrected chi connectivity index (χ4v) is 2.43. The fourth-order valence-electron chi connectivity index (χ4n) is 2.26. The van der Waals surface area contributed by atoms with Crippen LogP contribution in [-0.2, 0) is 9.59 Å². The SMILES string of the molecule is CCC(C(=O)O)N1C(=O)C(C)(C)Oc2ccc(Cl)cc21. The Bertz CT molecular complexity index is 570. The number of carbonyl (C=O) groups excluding carboxylic acids is 1. The quantitative estimate of drug-likeness (QED) is 0.931. The van der Waals surface area contributed by atoms with Crippen molar-refractivity contribution in [2.75, 3.05) is 4.90 Å². The predicted molar refractivity (Wildman–Crippen MR) is 75.4 cm³/mol. The van der Waals surface area contributed by atoms with Crippen LogP contribution in [0.4, 0.5) is 5.69 Å². The van der Waals surface area contributed by atoms with Crippen molar-refractivity contribution >= 4 is 29.2 Å². The van der Waals surface area contributed by atoms with Gasteiger partial charge in [-0.15, -0.1) is 0 Å². The third-order valence-electron chi connectivity index (χ3n) is 3.26. The van der Waals surface area contributed by atoms with Gasteiger partial charge in [0.25, 0.3) is 5.91 Å². The van der Waals surface area contributed by atoms with Crippen LogP contribution in [0.5, 0.6) is 5.75 Å². The van der Waals surface area contributed by atoms with E-state index >= 15 is 0 Å². The normalized spacial score (nSPS) is 18.2. The molecule has 1 heterocycles. The molecule has 0 aliphatic carbocycles. The first-order valence-corrected chi connectivity index (χ1v) is 6.70. The molecule has 1 aliphatic rings. The zero-order valence-electron chi connectivity index (χ0n) is 11.5. The van der Waals surface area contributed by atoms with Gasteiger partial charge in [-0.2, -0.15) is 0 Å². The molecule has 1 amide bonds. The molecule has 1 N–H and O–H groups in total. The number of hydrogen-bond acceptors (Lipinski definition) is 3. The maximum atomic E-state index is 12.5. The standard InChI is InChI=1S/C14H16ClNO4/c1-4-9(12(17)18)16-10-7-8(15)5-6-11(10)20-14(2,3)13(16)19/h5-7,9H,4H2,1-3H3,(H,17,18). The van der Waals surface area contributed by atoms with Crippen LogP contribution < -0.4 is 9.64 Å². The van der Waals surface area contributed by atoms with Gasteiger partial charge in [0.05, 0.1) is 5.69 Å². The third-order valence-corrected chi connectivity index (χ3v) is 3.50. The molecule has 0 radical (unpaired) electrons. The smallest absolute Gasteiger partial charge is 0.326 e. The van der Waals surface area contributed by atoms with E-state index in [9.17, 15) is 14.7 Å². The Morgan fingerprint density at radius 1 is 1.50 bits per heavy atom. The summed E-state index contributed by atoms with van der Waals surface area (Å²) in [6.07, 6.45) is 0.295. The number of hydrogen-bond donors (Lipinski definition) is 1. The lowest BCUT2D eigenvalue weighted by molar-refractivity contribution is -0.143. The van der Waals surface area contributed by atoms with Crippen molar-refractivity contribution in [2.45, 2.75) is 38.8 Å². The Kier molecular flexibility index (Phi) is 3.65. The summed E-state index contributed by atoms with van der Waals surface area (Å²) in [4.78, 5) is 25.2. The first-order chi connectivity index (χ1) is 9.27. The molecule has 1 aliphatic heterocycles. The molecule has 0 fully saturated rings. The topological polar surface area (TPSA) is 66.8 Å². The average molecular weight is 298 g/mol. The minimum atomic E-state index is -1.11. The number of rotatable bonds is 3. The van der Waals surface area contributed by atoms with E-state index in [0.717, 1.165) is 0 Å². The highest BCUT2D eigenvalue weighted by Crippen LogP contribution is 2.40. The van der Waals surface area contributed by atoms with Crippen LogP contribution in [-0.4, -0.2) is 28.6 Å². The molecule has 1 aromatic rings. The number of ether oxygens (including phenoxy) is 1. The Morgan fingerprint density at radius 3 is 2.70 bits per heavy atom. The van der Waals surface area contributed by atoms with Gasteiger partial charge in [-0.3, -0.25) is 9.69 Å². The van der Waals surface area contributed by atoms with Crippen LogP contribution >= 0.6 is 11.6 Å². The van der Waals surface area contributed by atoms with Crippen LogP contribution in [0.2, 0.25) is 5.02 Å². The molecule has 1 aromatic carbocycles. The Balaban J connectivity index is 2.61. The van der Waals surface area contributed by atoms with E-state index in [1.807, 2.05) is 0 Å². The molecule has 0 bridgehead atoms. The van der Waals surface area contributed by atoms with Crippen molar-refractivity contribution < 1.29 is 19.4 Å². The number of benzene rings is 1. The van der Waals surface area contributed by atoms with Gasteiger partial charge in [0, 0.05) is 5.02 Å². The van der Waals surface area contributed by atoms with Crippen molar-refractivity contribution in [1.82, 2.24) is 0 Å². The molecule has 1 atom stereocenters. The van der Waals surface area contributed by atoms with Gasteiger partial charge in [-0.1, -0.05) is 18.5 Å². The van der Waals surface area contributed by atoms with Crippen molar-refractivity contribution in [2.24, 2.45) is 0 Å². The van der Waals surface area contributed by atoms with Crippen LogP contribution in [0.1, 0.15) is 27.2 Å². The van der Waals surface area contributed by atoms with E-state index in [4.69, 9.17) is 16.3 Å². The van der Waals surface area contributed by atoms with Gasteiger partial charge in [0.2, 0.25) is 0 Å². The predicted octanol–water partition coefficient (Wildman–Crippen LogP) is 2.71. The number of aliphatic carboxylic acids is 1. The zero-order chi connectivity index (χ0) is 15.1. The van der Waals surface area contributed by atoms with E-state index in [2.05, 4.69) is 0 Å². The molecule has 5 nitrogen and oxygen atoms in total. The Hall–Kier alpha value is -1.75. The van der Waals surface area contributed by atoms with Crippen LogP contribution in [0, 0.1) is 0 Å². The molecule has 6 heteroatoms. The first-order valence-electron chi connectivity index (χ1n) is 6.33. The first kappa shape index (κ1) is 14.7. The summed E-state index contributed by atoms with van der Waals surface area (Å²) in [7, 11) is 0. The summed E-state index contributed by atoms with van der Waals surface area (Å²) in [6, 6.07) is 3.90. The Morgan fingerprint density at radius 2 is 2.15 bits per heavy atom. The number of fused-ring (bicyclic) bond motifs is 1. The molecule has 1 unspecified atom stereocenters. The molecule has 0 aromatic heterocycles. The molecule has 20 heavy (non-hydrogen) atoms. The van der Waals surface area contributed by atoms with Gasteiger partial charge < -0.3 is 9.84 Å². The average Bonchev–Trinajstić information content (AvgIpc) is 2.35. The number of amides is 1. The highest BCUT2D eigenvalue weighted by Gasteiger charge is 2.45. The number of carboxylic acid groups (broad SMARTS) is 1. The second-order valence-corrected chi connectivity index (χ2v) is 5.60. The third kappa shape index (κ3) is 2.33. The van der Waals surface area contributed by atoms with Gasteiger partial charge >= 0.3 is 5.97 Å². The molecular formula is C14H16ClNO4. The minimum Gasteiger partial charge on any atom is -0.480 e. The lowest BCUT2D eigenvalue weighted by atomic mass is 10.0. The summed E-state index contributed by atoms with van der Waals surface area (Å²) < 4.78 is 5.65. The fraction of sp³-hybridized carbons (Fsp3) is 0.429. The highest BCUT2D eigenvalue weighted by molar-refractivity contribution is 6.31. The summed E-state index contributed by atoms with van der Waals surface area (Å²) in [5.41, 5.74) is -0.708. The summed E-state index contributed by atoms with van der Waals surface area (Å²) >= 11 is 5.95. The van der Waals surface area contributed by atoms with Gasteiger partial charge in [0.15, 0.2) is 5.60 Å². The second kappa shape index (κ2) is 4.98. The molecular weight excluding hydrogens is 282 g/mol. The van der Waals surface area contributed by atoms with Gasteiger partial charge in [0.1, 0.15) is 11.8 Å². The number of carboxylic acids is 1. The second-order valence-electron chi connectivity index (χ2n) is 5.16. The van der Waals surface area contributed by atoms with Crippen LogP contribution in [0.3, 0.4) is 0 Å². The molecule has 0 saturated carbocycles. The Labute approximate surface area is 122 Å². The van der Waals surface area contributed by atoms with Crippen molar-refractivity contribution in [1.29, 1.82) is 0 Å². The molecule has 108 valence electrons. The van der Waals surface area contributed by atoms with Crippen LogP contribution in [0.25, 0.3) is 0 Å². The van der Waals surface area contributed by atoms with Crippen molar-refractivity contribution in [3.05, 3.63) is 23.2 Å². The summed E-state index contributed by atoms with van der Waals surface area (Å²) in [5, 5.41) is 9.76. The van der Waals surface area contributed by atoms with Gasteiger partial charge in [-0.25, -0.2) is 4.79 Å². The van der Waals surface area contributed by atoms with E-state index in [0.29, 0.717) is 22.9 Å². The van der Waals surface area contributed by atoms with Crippen LogP contribution in [0.15, 0.2) is 18.2 Å². The molecule has 0 spiro atoms. The van der Waals surface area contributed by atoms with E-state index < -0.39 is 17.6 Å². The van der Waals surface area contributed by atoms with Crippen molar-refractivity contribution in [3.63, 3.8) is 0 Å². The maximum absolute atomic E-state index is 12.5.